The minimum atomic E-state index is 0.725. The molecule has 1 aromatic carbocycles. The van der Waals surface area contributed by atoms with Crippen molar-refractivity contribution >= 4 is 23.1 Å². The van der Waals surface area contributed by atoms with Crippen LogP contribution in [-0.2, 0) is 0 Å². The van der Waals surface area contributed by atoms with Gasteiger partial charge in [0.15, 0.2) is 0 Å². The van der Waals surface area contributed by atoms with E-state index >= 15 is 0 Å². The van der Waals surface area contributed by atoms with E-state index in [0.717, 1.165) is 11.1 Å². The molecule has 0 amide bonds. The van der Waals surface area contributed by atoms with Crippen molar-refractivity contribution < 1.29 is 0 Å². The SMILES string of the molecule is Cc1cc(C#N)ccc1Sc1cccs1. The molecule has 0 saturated carbocycles. The molecule has 0 saturated heterocycles. The topological polar surface area (TPSA) is 23.8 Å². The Hall–Kier alpha value is -1.24. The molecule has 0 aliphatic carbocycles. The Morgan fingerprint density at radius 2 is 2.20 bits per heavy atom. The molecule has 15 heavy (non-hydrogen) atoms. The van der Waals surface area contributed by atoms with Gasteiger partial charge in [-0.3, -0.25) is 0 Å². The van der Waals surface area contributed by atoms with Gasteiger partial charge in [-0.25, -0.2) is 0 Å². The summed E-state index contributed by atoms with van der Waals surface area (Å²) in [6.45, 7) is 2.04. The van der Waals surface area contributed by atoms with E-state index in [1.165, 1.54) is 9.10 Å². The van der Waals surface area contributed by atoms with Crippen molar-refractivity contribution in [1.82, 2.24) is 0 Å². The summed E-state index contributed by atoms with van der Waals surface area (Å²) in [5.41, 5.74) is 1.88. The molecular formula is C12H9NS2. The summed E-state index contributed by atoms with van der Waals surface area (Å²) >= 11 is 3.48. The van der Waals surface area contributed by atoms with E-state index in [1.54, 1.807) is 23.1 Å². The molecule has 3 heteroatoms. The summed E-state index contributed by atoms with van der Waals surface area (Å²) in [6, 6.07) is 12.1. The number of nitriles is 1. The van der Waals surface area contributed by atoms with Gasteiger partial charge >= 0.3 is 0 Å². The van der Waals surface area contributed by atoms with E-state index in [1.807, 2.05) is 31.2 Å². The second kappa shape index (κ2) is 4.52. The first-order valence-electron chi connectivity index (χ1n) is 4.52. The molecule has 0 aliphatic rings. The normalized spacial score (nSPS) is 9.87. The number of benzene rings is 1. The molecular weight excluding hydrogens is 222 g/mol. The van der Waals surface area contributed by atoms with E-state index < -0.39 is 0 Å². The number of hydrogen-bond donors (Lipinski definition) is 0. The van der Waals surface area contributed by atoms with Gasteiger partial charge in [-0.1, -0.05) is 17.8 Å². The predicted octanol–water partition coefficient (Wildman–Crippen LogP) is 4.08. The van der Waals surface area contributed by atoms with Gasteiger partial charge in [0.1, 0.15) is 0 Å². The molecule has 74 valence electrons. The summed E-state index contributed by atoms with van der Waals surface area (Å²) in [7, 11) is 0. The van der Waals surface area contributed by atoms with Crippen molar-refractivity contribution in [3.63, 3.8) is 0 Å². The lowest BCUT2D eigenvalue weighted by molar-refractivity contribution is 1.28. The van der Waals surface area contributed by atoms with E-state index in [-0.39, 0.29) is 0 Å². The Bertz CT molecular complexity index is 495. The minimum Gasteiger partial charge on any atom is -0.192 e. The first-order valence-corrected chi connectivity index (χ1v) is 6.21. The number of nitrogens with zero attached hydrogens (tertiary/aromatic N) is 1. The van der Waals surface area contributed by atoms with Crippen LogP contribution in [0.3, 0.4) is 0 Å². The van der Waals surface area contributed by atoms with Gasteiger partial charge < -0.3 is 0 Å². The molecule has 1 heterocycles. The molecule has 0 atom stereocenters. The highest BCUT2D eigenvalue weighted by Crippen LogP contribution is 2.33. The largest absolute Gasteiger partial charge is 0.192 e. The lowest BCUT2D eigenvalue weighted by Crippen LogP contribution is -1.81. The zero-order valence-corrected chi connectivity index (χ0v) is 9.86. The Morgan fingerprint density at radius 1 is 1.33 bits per heavy atom. The molecule has 0 spiro atoms. The molecule has 1 nitrogen and oxygen atoms in total. The molecule has 1 aromatic heterocycles. The van der Waals surface area contributed by atoms with Crippen molar-refractivity contribution in [2.24, 2.45) is 0 Å². The van der Waals surface area contributed by atoms with Crippen LogP contribution in [0.15, 0.2) is 44.8 Å². The summed E-state index contributed by atoms with van der Waals surface area (Å²) in [4.78, 5) is 1.22. The Kier molecular flexibility index (Phi) is 3.10. The van der Waals surface area contributed by atoms with Gasteiger partial charge in [0.2, 0.25) is 0 Å². The lowest BCUT2D eigenvalue weighted by Gasteiger charge is -2.03. The van der Waals surface area contributed by atoms with E-state index in [2.05, 4.69) is 17.5 Å². The maximum atomic E-state index is 8.75. The number of hydrogen-bond acceptors (Lipinski definition) is 3. The molecule has 0 fully saturated rings. The fourth-order valence-corrected chi connectivity index (χ4v) is 3.06. The third-order valence-electron chi connectivity index (χ3n) is 2.01. The lowest BCUT2D eigenvalue weighted by atomic mass is 10.2. The van der Waals surface area contributed by atoms with Crippen molar-refractivity contribution in [1.29, 1.82) is 5.26 Å². The Labute approximate surface area is 97.4 Å². The van der Waals surface area contributed by atoms with Crippen molar-refractivity contribution in [3.05, 3.63) is 46.8 Å². The maximum absolute atomic E-state index is 8.75. The highest BCUT2D eigenvalue weighted by atomic mass is 32.2. The number of rotatable bonds is 2. The van der Waals surface area contributed by atoms with Crippen LogP contribution in [0, 0.1) is 18.3 Å². The van der Waals surface area contributed by atoms with Crippen LogP contribution in [0.1, 0.15) is 11.1 Å². The summed E-state index contributed by atoms with van der Waals surface area (Å²) < 4.78 is 1.28. The Balaban J connectivity index is 2.27. The van der Waals surface area contributed by atoms with Crippen LogP contribution < -0.4 is 0 Å². The molecule has 2 rings (SSSR count). The fourth-order valence-electron chi connectivity index (χ4n) is 1.26. The monoisotopic (exact) mass is 231 g/mol. The highest BCUT2D eigenvalue weighted by molar-refractivity contribution is 8.01. The highest BCUT2D eigenvalue weighted by Gasteiger charge is 2.02. The molecule has 0 aliphatic heterocycles. The standard InChI is InChI=1S/C12H9NS2/c1-9-7-10(8-13)4-5-11(9)15-12-3-2-6-14-12/h2-7H,1H3. The van der Waals surface area contributed by atoms with E-state index in [9.17, 15) is 0 Å². The predicted molar refractivity (Wildman–Crippen MR) is 64.3 cm³/mol. The summed E-state index contributed by atoms with van der Waals surface area (Å²) in [6.07, 6.45) is 0. The van der Waals surface area contributed by atoms with Gasteiger partial charge in [-0.15, -0.1) is 11.3 Å². The summed E-state index contributed by atoms with van der Waals surface area (Å²) in [5.74, 6) is 0. The Morgan fingerprint density at radius 3 is 2.80 bits per heavy atom. The van der Waals surface area contributed by atoms with E-state index in [0.29, 0.717) is 0 Å². The average Bonchev–Trinajstić information content (AvgIpc) is 2.74. The van der Waals surface area contributed by atoms with Crippen LogP contribution in [-0.4, -0.2) is 0 Å². The van der Waals surface area contributed by atoms with Crippen LogP contribution >= 0.6 is 23.1 Å². The first-order chi connectivity index (χ1) is 7.29. The maximum Gasteiger partial charge on any atom is 0.0991 e. The smallest absolute Gasteiger partial charge is 0.0991 e. The first kappa shape index (κ1) is 10.3. The molecule has 2 aromatic rings. The van der Waals surface area contributed by atoms with Gasteiger partial charge in [-0.2, -0.15) is 5.26 Å². The second-order valence-corrected chi connectivity index (χ2v) is 5.42. The molecule has 0 radical (unpaired) electrons. The molecule has 0 unspecified atom stereocenters. The van der Waals surface area contributed by atoms with Crippen LogP contribution in [0.25, 0.3) is 0 Å². The van der Waals surface area contributed by atoms with Gasteiger partial charge in [0.25, 0.3) is 0 Å². The van der Waals surface area contributed by atoms with Gasteiger partial charge in [-0.05, 0) is 42.1 Å². The quantitative estimate of drug-likeness (QED) is 0.777. The summed E-state index contributed by atoms with van der Waals surface area (Å²) in [5, 5.41) is 10.8. The van der Waals surface area contributed by atoms with E-state index in [4.69, 9.17) is 5.26 Å². The zero-order valence-electron chi connectivity index (χ0n) is 8.23. The number of thiophene rings is 1. The second-order valence-electron chi connectivity index (χ2n) is 3.13. The van der Waals surface area contributed by atoms with Crippen molar-refractivity contribution in [2.45, 2.75) is 16.0 Å². The average molecular weight is 231 g/mol. The van der Waals surface area contributed by atoms with Crippen LogP contribution in [0.4, 0.5) is 0 Å². The van der Waals surface area contributed by atoms with Crippen molar-refractivity contribution in [3.8, 4) is 6.07 Å². The van der Waals surface area contributed by atoms with Gasteiger partial charge in [0, 0.05) is 4.90 Å². The third kappa shape index (κ3) is 2.41. The van der Waals surface area contributed by atoms with Crippen LogP contribution in [0.2, 0.25) is 0 Å². The van der Waals surface area contributed by atoms with Crippen LogP contribution in [0.5, 0.6) is 0 Å². The molecule has 0 bridgehead atoms. The van der Waals surface area contributed by atoms with Crippen molar-refractivity contribution in [2.75, 3.05) is 0 Å². The minimum absolute atomic E-state index is 0.725. The fraction of sp³-hybridized carbons (Fsp3) is 0.0833. The third-order valence-corrected chi connectivity index (χ3v) is 4.23. The number of aryl methyl sites for hydroxylation is 1. The zero-order chi connectivity index (χ0) is 10.7. The van der Waals surface area contributed by atoms with Gasteiger partial charge in [0.05, 0.1) is 15.8 Å². The molecule has 0 N–H and O–H groups in total.